The van der Waals surface area contributed by atoms with Gasteiger partial charge in [0.15, 0.2) is 6.29 Å². The first-order valence-corrected chi connectivity index (χ1v) is 7.99. The molecular weight excluding hydrogens is 560 g/mol. The topological polar surface area (TPSA) is 138 Å². The van der Waals surface area contributed by atoms with Gasteiger partial charge in [0.1, 0.15) is 12.2 Å². The number of hydrogen-bond acceptors (Lipinski definition) is 8. The minimum Gasteiger partial charge on any atom is -0.405 e. The van der Waals surface area contributed by atoms with Gasteiger partial charge in [-0.3, -0.25) is 11.2 Å². The molecule has 0 aliphatic carbocycles. The van der Waals surface area contributed by atoms with Crippen molar-refractivity contribution < 1.29 is 70.5 Å². The van der Waals surface area contributed by atoms with E-state index in [1.165, 1.54) is 6.92 Å². The number of hydrogen-bond donors (Lipinski definition) is 5. The van der Waals surface area contributed by atoms with Crippen LogP contribution in [-0.2, 0) is 19.0 Å². The van der Waals surface area contributed by atoms with Crippen LogP contribution >= 0.6 is 0 Å². The summed E-state index contributed by atoms with van der Waals surface area (Å²) in [6.45, 7) is 2.48. The summed E-state index contributed by atoms with van der Waals surface area (Å²) in [4.78, 5) is 11.4. The van der Waals surface area contributed by atoms with E-state index < -0.39 is 55.4 Å². The van der Waals surface area contributed by atoms with Crippen molar-refractivity contribution in [2.45, 2.75) is 56.7 Å². The number of carbonyl (C=O) groups is 1. The summed E-state index contributed by atoms with van der Waals surface area (Å²) < 4.78 is 16.8. The fourth-order valence-electron chi connectivity index (χ4n) is 2.98. The molecule has 0 aromatic rings. The second kappa shape index (κ2) is 10.5. The maximum Gasteiger partial charge on any atom is 0.217 e. The third-order valence-corrected chi connectivity index (χ3v) is 4.42. The predicted molar refractivity (Wildman–Crippen MR) is 80.5 cm³/mol. The van der Waals surface area contributed by atoms with Crippen LogP contribution in [0.5, 0.6) is 0 Å². The number of aliphatic hydroxyl groups is 4. The Kier molecular flexibility index (Phi) is 9.82. The summed E-state index contributed by atoms with van der Waals surface area (Å²) in [5, 5.41) is 41.3. The quantitative estimate of drug-likeness (QED) is 0.224. The molecule has 9 nitrogen and oxygen atoms in total. The summed E-state index contributed by atoms with van der Waals surface area (Å²) in [6, 6.07) is -0.617. The average molecular weight is 586 g/mol. The molecule has 10 heteroatoms. The molecule has 0 radical (unpaired) electrons. The maximum absolute atomic E-state index is 11.4. The molecule has 0 spiro atoms. The summed E-state index contributed by atoms with van der Waals surface area (Å²) in [5.41, 5.74) is 0. The first-order chi connectivity index (χ1) is 11.4. The van der Waals surface area contributed by atoms with Crippen molar-refractivity contribution in [3.05, 3.63) is 6.42 Å². The zero-order valence-electron chi connectivity index (χ0n) is 14.2. The average Bonchev–Trinajstić information content (AvgIpc) is 2.56. The molecule has 3 unspecified atom stereocenters. The van der Waals surface area contributed by atoms with Crippen LogP contribution in [0.3, 0.4) is 0 Å². The van der Waals surface area contributed by atoms with Gasteiger partial charge in [-0.1, -0.05) is 13.5 Å². The zero-order chi connectivity index (χ0) is 17.9. The van der Waals surface area contributed by atoms with Crippen LogP contribution in [0.2, 0.25) is 0 Å². The molecular formula is C15H26NO8U-. The molecule has 2 aliphatic rings. The van der Waals surface area contributed by atoms with Crippen LogP contribution in [0.1, 0.15) is 13.8 Å². The Morgan fingerprint density at radius 2 is 1.88 bits per heavy atom. The molecule has 0 aromatic carbocycles. The van der Waals surface area contributed by atoms with E-state index in [4.69, 9.17) is 14.2 Å². The molecule has 0 bridgehead atoms. The van der Waals surface area contributed by atoms with Crippen LogP contribution in [0.4, 0.5) is 0 Å². The molecule has 2 fully saturated rings. The maximum atomic E-state index is 11.4. The molecule has 8 atom stereocenters. The minimum atomic E-state index is -1.21. The Morgan fingerprint density at radius 1 is 1.24 bits per heavy atom. The molecule has 144 valence electrons. The first-order valence-electron chi connectivity index (χ1n) is 7.99. The molecule has 0 aromatic heterocycles. The van der Waals surface area contributed by atoms with E-state index in [-0.39, 0.29) is 50.2 Å². The van der Waals surface area contributed by atoms with Gasteiger partial charge >= 0.3 is 0 Å². The van der Waals surface area contributed by atoms with E-state index in [1.54, 1.807) is 13.3 Å². The van der Waals surface area contributed by atoms with Crippen LogP contribution < -0.4 is 5.32 Å². The molecule has 2 heterocycles. The van der Waals surface area contributed by atoms with Gasteiger partial charge in [-0.2, -0.15) is 0 Å². The van der Waals surface area contributed by atoms with Crippen molar-refractivity contribution in [1.29, 1.82) is 0 Å². The number of nitrogens with one attached hydrogen (secondary N) is 1. The second-order valence-electron chi connectivity index (χ2n) is 6.18. The van der Waals surface area contributed by atoms with Gasteiger partial charge in [0, 0.05) is 44.0 Å². The van der Waals surface area contributed by atoms with E-state index in [2.05, 4.69) is 5.32 Å². The van der Waals surface area contributed by atoms with Crippen molar-refractivity contribution in [2.24, 2.45) is 5.92 Å². The molecule has 2 saturated heterocycles. The van der Waals surface area contributed by atoms with E-state index in [1.807, 2.05) is 0 Å². The minimum absolute atomic E-state index is 0. The fourth-order valence-corrected chi connectivity index (χ4v) is 2.98. The van der Waals surface area contributed by atoms with Gasteiger partial charge in [0.2, 0.25) is 5.91 Å². The Hall–Kier alpha value is 0.242. The number of amides is 1. The van der Waals surface area contributed by atoms with Crippen molar-refractivity contribution in [3.63, 3.8) is 0 Å². The van der Waals surface area contributed by atoms with E-state index in [9.17, 15) is 25.2 Å². The van der Waals surface area contributed by atoms with Crippen LogP contribution in [0.15, 0.2) is 0 Å². The van der Waals surface area contributed by atoms with E-state index in [0.29, 0.717) is 0 Å². The van der Waals surface area contributed by atoms with Crippen molar-refractivity contribution in [3.8, 4) is 0 Å². The summed E-state index contributed by atoms with van der Waals surface area (Å²) in [7, 11) is 0. The predicted octanol–water partition coefficient (Wildman–Crippen LogP) is -2.45. The molecule has 0 saturated carbocycles. The van der Waals surface area contributed by atoms with Gasteiger partial charge < -0.3 is 40.0 Å². The van der Waals surface area contributed by atoms with Crippen LogP contribution in [0, 0.1) is 43.5 Å². The molecule has 2 aliphatic heterocycles. The largest absolute Gasteiger partial charge is 0.405 e. The number of aliphatic hydroxyl groups excluding tert-OH is 4. The van der Waals surface area contributed by atoms with E-state index >= 15 is 0 Å². The van der Waals surface area contributed by atoms with Crippen molar-refractivity contribution in [1.82, 2.24) is 5.32 Å². The Bertz CT molecular complexity index is 426. The third kappa shape index (κ3) is 5.61. The summed E-state index contributed by atoms with van der Waals surface area (Å²) >= 11 is 0. The molecule has 2 rings (SSSR count). The standard InChI is InChI=1S/C15H26NO8.U/c1-7-13(20)14(21)11(6-18)24-15(7)23-9-3-4-22-10(5-17)12(9)16-8(2)19;/h3,7,9-15,17-18,20-21H,4-6H2,1-2H3,(H,16,19);/q-1;/t7?,9-,10?,11?,12-,13-,14-,15-;/m1./s1. The number of rotatable bonds is 5. The fraction of sp³-hybridized carbons (Fsp3) is 0.867. The SMILES string of the molecule is CC(=O)N[C@H]1C(CO)OC[CH-][C@H]1O[C@@H]1OC(CO)[C@@H](O)[C@H](O)C1C.[U]. The van der Waals surface area contributed by atoms with Crippen LogP contribution in [0.25, 0.3) is 0 Å². The Labute approximate surface area is 170 Å². The van der Waals surface area contributed by atoms with Gasteiger partial charge in [0.25, 0.3) is 0 Å². The molecule has 1 amide bonds. The van der Waals surface area contributed by atoms with Gasteiger partial charge in [-0.15, -0.1) is 0 Å². The number of carbonyl (C=O) groups excluding carboxylic acids is 1. The van der Waals surface area contributed by atoms with Crippen molar-refractivity contribution in [2.75, 3.05) is 19.8 Å². The smallest absolute Gasteiger partial charge is 0.217 e. The van der Waals surface area contributed by atoms with Gasteiger partial charge in [0.05, 0.1) is 31.5 Å². The first kappa shape index (κ1) is 23.3. The summed E-state index contributed by atoms with van der Waals surface area (Å²) in [6.07, 6.45) is -3.74. The monoisotopic (exact) mass is 586 g/mol. The molecule has 25 heavy (non-hydrogen) atoms. The van der Waals surface area contributed by atoms with Crippen LogP contribution in [-0.4, -0.2) is 89.0 Å². The second-order valence-corrected chi connectivity index (χ2v) is 6.18. The van der Waals surface area contributed by atoms with E-state index in [0.717, 1.165) is 0 Å². The Morgan fingerprint density at radius 3 is 2.44 bits per heavy atom. The zero-order valence-corrected chi connectivity index (χ0v) is 18.4. The summed E-state index contributed by atoms with van der Waals surface area (Å²) in [5.74, 6) is -0.850. The van der Waals surface area contributed by atoms with Crippen molar-refractivity contribution >= 4 is 5.91 Å². The van der Waals surface area contributed by atoms with Gasteiger partial charge in [-0.25, -0.2) is 0 Å². The molecule has 5 N–H and O–H groups in total. The Balaban J connectivity index is 0.00000312. The normalized spacial score (nSPS) is 41.7. The third-order valence-electron chi connectivity index (χ3n) is 4.42. The van der Waals surface area contributed by atoms with Gasteiger partial charge in [-0.05, 0) is 6.10 Å². The number of ether oxygens (including phenoxy) is 3.